The van der Waals surface area contributed by atoms with E-state index in [0.717, 1.165) is 59.7 Å². The Morgan fingerprint density at radius 1 is 1.11 bits per heavy atom. The second kappa shape index (κ2) is 8.58. The van der Waals surface area contributed by atoms with Crippen molar-refractivity contribution in [1.29, 1.82) is 0 Å². The molecule has 0 bridgehead atoms. The Labute approximate surface area is 204 Å². The Balaban J connectivity index is 1.26. The molecule has 7 heteroatoms. The third kappa shape index (κ3) is 4.14. The van der Waals surface area contributed by atoms with Crippen LogP contribution in [0.3, 0.4) is 0 Å². The Bertz CT molecular complexity index is 1490. The average molecular weight is 465 g/mol. The Morgan fingerprint density at radius 3 is 2.83 bits per heavy atom. The number of fused-ring (bicyclic) bond motifs is 2. The molecule has 176 valence electrons. The summed E-state index contributed by atoms with van der Waals surface area (Å²) in [4.78, 5) is 25.0. The van der Waals surface area contributed by atoms with Crippen molar-refractivity contribution >= 4 is 33.5 Å². The lowest BCUT2D eigenvalue weighted by molar-refractivity contribution is -0.135. The summed E-state index contributed by atoms with van der Waals surface area (Å²) in [5.74, 6) is 0.692. The first-order chi connectivity index (χ1) is 17.0. The predicted molar refractivity (Wildman–Crippen MR) is 140 cm³/mol. The number of amides is 1. The van der Waals surface area contributed by atoms with Gasteiger partial charge in [0.25, 0.3) is 0 Å². The SMILES string of the molecule is CC(=O)N1CC(CN2C=CC=C(Nc3cc(-c4ccc5ccn(C)c5c4)c4nccnc4c3)C2)C1. The van der Waals surface area contributed by atoms with E-state index in [1.165, 1.54) is 10.9 Å². The van der Waals surface area contributed by atoms with Gasteiger partial charge in [-0.05, 0) is 53.6 Å². The lowest BCUT2D eigenvalue weighted by atomic mass is 9.99. The van der Waals surface area contributed by atoms with Gasteiger partial charge >= 0.3 is 0 Å². The van der Waals surface area contributed by atoms with E-state index in [9.17, 15) is 4.79 Å². The molecule has 4 aromatic rings. The van der Waals surface area contributed by atoms with Gasteiger partial charge in [0.2, 0.25) is 5.91 Å². The van der Waals surface area contributed by atoms with Crippen molar-refractivity contribution in [2.45, 2.75) is 6.92 Å². The molecule has 1 saturated heterocycles. The summed E-state index contributed by atoms with van der Waals surface area (Å²) in [5.41, 5.74) is 7.24. The zero-order valence-electron chi connectivity index (χ0n) is 20.0. The fraction of sp³-hybridized carbons (Fsp3) is 0.250. The second-order valence-electron chi connectivity index (χ2n) is 9.53. The number of hydrogen-bond donors (Lipinski definition) is 1. The first-order valence-electron chi connectivity index (χ1n) is 12.0. The number of carbonyl (C=O) groups excluding carboxylic acids is 1. The molecule has 0 unspecified atom stereocenters. The van der Waals surface area contributed by atoms with Crippen molar-refractivity contribution in [3.8, 4) is 11.1 Å². The smallest absolute Gasteiger partial charge is 0.219 e. The third-order valence-electron chi connectivity index (χ3n) is 6.94. The average Bonchev–Trinajstić information content (AvgIpc) is 3.20. The van der Waals surface area contributed by atoms with Gasteiger partial charge in [0.05, 0.1) is 17.6 Å². The van der Waals surface area contributed by atoms with E-state index in [0.29, 0.717) is 5.92 Å². The van der Waals surface area contributed by atoms with E-state index in [2.05, 4.69) is 92.7 Å². The fourth-order valence-corrected chi connectivity index (χ4v) is 5.07. The highest BCUT2D eigenvalue weighted by atomic mass is 16.2. The molecule has 1 fully saturated rings. The summed E-state index contributed by atoms with van der Waals surface area (Å²) in [6.45, 7) is 5.09. The standard InChI is InChI=1S/C28H28N6O/c1-19(35)34-16-20(17-34)15-33-10-3-4-23(18-33)31-24-13-25(28-26(14-24)29-8-9-30-28)22-6-5-21-7-11-32(2)27(21)12-22/h3-14,20,31H,15-18H2,1-2H3. The van der Waals surface area contributed by atoms with Crippen LogP contribution in [0.2, 0.25) is 0 Å². The lowest BCUT2D eigenvalue weighted by Gasteiger charge is -2.41. The molecule has 2 aliphatic rings. The highest BCUT2D eigenvalue weighted by molar-refractivity contribution is 5.97. The molecule has 0 aliphatic carbocycles. The van der Waals surface area contributed by atoms with Gasteiger partial charge in [-0.3, -0.25) is 14.8 Å². The van der Waals surface area contributed by atoms with Crippen molar-refractivity contribution in [3.63, 3.8) is 0 Å². The molecular formula is C28H28N6O. The molecule has 0 saturated carbocycles. The summed E-state index contributed by atoms with van der Waals surface area (Å²) in [7, 11) is 2.07. The number of allylic oxidation sites excluding steroid dienone is 2. The van der Waals surface area contributed by atoms with Crippen molar-refractivity contribution in [1.82, 2.24) is 24.3 Å². The number of nitrogens with zero attached hydrogens (tertiary/aromatic N) is 5. The minimum atomic E-state index is 0.166. The molecule has 0 atom stereocenters. The molecule has 7 nitrogen and oxygen atoms in total. The van der Waals surface area contributed by atoms with Gasteiger partial charge in [0.1, 0.15) is 0 Å². The van der Waals surface area contributed by atoms with Crippen molar-refractivity contribution in [2.24, 2.45) is 13.0 Å². The molecule has 1 amide bonds. The molecule has 4 heterocycles. The summed E-state index contributed by atoms with van der Waals surface area (Å²) in [5, 5.41) is 4.84. The largest absolute Gasteiger partial charge is 0.371 e. The molecule has 2 aromatic heterocycles. The number of aromatic nitrogens is 3. The van der Waals surface area contributed by atoms with Gasteiger partial charge in [-0.1, -0.05) is 12.1 Å². The van der Waals surface area contributed by atoms with Gasteiger partial charge < -0.3 is 19.7 Å². The molecule has 35 heavy (non-hydrogen) atoms. The number of likely N-dealkylation sites (tertiary alicyclic amines) is 1. The maximum absolute atomic E-state index is 11.5. The number of aryl methyl sites for hydroxylation is 1. The van der Waals surface area contributed by atoms with Gasteiger partial charge in [-0.15, -0.1) is 0 Å². The van der Waals surface area contributed by atoms with E-state index in [-0.39, 0.29) is 5.91 Å². The van der Waals surface area contributed by atoms with Crippen LogP contribution in [0.25, 0.3) is 33.1 Å². The molecule has 0 radical (unpaired) electrons. The zero-order chi connectivity index (χ0) is 23.9. The first-order valence-corrected chi connectivity index (χ1v) is 12.0. The maximum atomic E-state index is 11.5. The van der Waals surface area contributed by atoms with Crippen LogP contribution >= 0.6 is 0 Å². The predicted octanol–water partition coefficient (Wildman–Crippen LogP) is 4.39. The number of benzene rings is 2. The van der Waals surface area contributed by atoms with Crippen LogP contribution in [-0.4, -0.2) is 56.4 Å². The lowest BCUT2D eigenvalue weighted by Crippen LogP contribution is -2.52. The van der Waals surface area contributed by atoms with Crippen LogP contribution in [-0.2, 0) is 11.8 Å². The molecule has 6 rings (SSSR count). The summed E-state index contributed by atoms with van der Waals surface area (Å²) < 4.78 is 2.14. The number of hydrogen-bond acceptors (Lipinski definition) is 5. The van der Waals surface area contributed by atoms with Crippen LogP contribution in [0.4, 0.5) is 5.69 Å². The van der Waals surface area contributed by atoms with E-state index in [1.807, 2.05) is 4.90 Å². The van der Waals surface area contributed by atoms with E-state index < -0.39 is 0 Å². The minimum Gasteiger partial charge on any atom is -0.371 e. The minimum absolute atomic E-state index is 0.166. The van der Waals surface area contributed by atoms with Crippen molar-refractivity contribution < 1.29 is 4.79 Å². The van der Waals surface area contributed by atoms with Crippen LogP contribution in [0.1, 0.15) is 6.92 Å². The summed E-state index contributed by atoms with van der Waals surface area (Å²) in [6.07, 6.45) is 11.9. The monoisotopic (exact) mass is 464 g/mol. The first kappa shape index (κ1) is 21.4. The Morgan fingerprint density at radius 2 is 1.97 bits per heavy atom. The van der Waals surface area contributed by atoms with E-state index >= 15 is 0 Å². The molecule has 2 aliphatic heterocycles. The molecule has 2 aromatic carbocycles. The molecular weight excluding hydrogens is 436 g/mol. The fourth-order valence-electron chi connectivity index (χ4n) is 5.07. The zero-order valence-corrected chi connectivity index (χ0v) is 20.0. The van der Waals surface area contributed by atoms with Crippen LogP contribution in [0.15, 0.2) is 79.0 Å². The highest BCUT2D eigenvalue weighted by Gasteiger charge is 2.29. The second-order valence-corrected chi connectivity index (χ2v) is 9.53. The number of anilines is 1. The Hall–Kier alpha value is -4.13. The van der Waals surface area contributed by atoms with Gasteiger partial charge in [-0.2, -0.15) is 0 Å². The van der Waals surface area contributed by atoms with Gasteiger partial charge in [-0.25, -0.2) is 0 Å². The van der Waals surface area contributed by atoms with Crippen LogP contribution in [0, 0.1) is 5.92 Å². The van der Waals surface area contributed by atoms with Crippen LogP contribution in [0.5, 0.6) is 0 Å². The topological polar surface area (TPSA) is 66.3 Å². The van der Waals surface area contributed by atoms with E-state index in [4.69, 9.17) is 0 Å². The number of rotatable bonds is 5. The van der Waals surface area contributed by atoms with Crippen molar-refractivity contribution in [3.05, 3.63) is 79.0 Å². The normalized spacial score (nSPS) is 16.0. The van der Waals surface area contributed by atoms with Gasteiger partial charge in [0.15, 0.2) is 0 Å². The summed E-state index contributed by atoms with van der Waals surface area (Å²) >= 11 is 0. The highest BCUT2D eigenvalue weighted by Crippen LogP contribution is 2.33. The maximum Gasteiger partial charge on any atom is 0.219 e. The summed E-state index contributed by atoms with van der Waals surface area (Å²) in [6, 6.07) is 12.9. The molecule has 1 N–H and O–H groups in total. The Kier molecular flexibility index (Phi) is 5.25. The third-order valence-corrected chi connectivity index (χ3v) is 6.94. The van der Waals surface area contributed by atoms with Crippen molar-refractivity contribution in [2.75, 3.05) is 31.5 Å². The molecule has 0 spiro atoms. The number of nitrogens with one attached hydrogen (secondary N) is 1. The van der Waals surface area contributed by atoms with Crippen LogP contribution < -0.4 is 5.32 Å². The van der Waals surface area contributed by atoms with Gasteiger partial charge in [0, 0.05) is 80.6 Å². The quantitative estimate of drug-likeness (QED) is 0.475. The number of carbonyl (C=O) groups is 1. The van der Waals surface area contributed by atoms with E-state index in [1.54, 1.807) is 19.3 Å².